The van der Waals surface area contributed by atoms with E-state index in [0.717, 1.165) is 37.4 Å². The Balaban J connectivity index is 1.69. The standard InChI is InChI=1S/C17H25N3O2S/c1-17(2)15(21)18-16(23)20(17)12-4-6-13(7-5-12)22-14-8-10-19(3)11-9-14/h4-7,14,16,23H,8-11H2,1-3H3,(H,18,21). The Morgan fingerprint density at radius 1 is 1.22 bits per heavy atom. The van der Waals surface area contributed by atoms with Crippen LogP contribution in [0.25, 0.3) is 0 Å². The van der Waals surface area contributed by atoms with Gasteiger partial charge in [0.1, 0.15) is 22.9 Å². The quantitative estimate of drug-likeness (QED) is 0.830. The molecule has 1 amide bonds. The van der Waals surface area contributed by atoms with Crippen molar-refractivity contribution in [3.63, 3.8) is 0 Å². The molecule has 2 fully saturated rings. The maximum absolute atomic E-state index is 12.0. The molecular formula is C17H25N3O2S. The molecule has 1 aromatic rings. The first-order chi connectivity index (χ1) is 10.9. The number of piperidine rings is 1. The smallest absolute Gasteiger partial charge is 0.247 e. The van der Waals surface area contributed by atoms with Crippen LogP contribution in [0.2, 0.25) is 0 Å². The zero-order valence-corrected chi connectivity index (χ0v) is 14.8. The lowest BCUT2D eigenvalue weighted by Gasteiger charge is -2.33. The third-order valence-corrected chi connectivity index (χ3v) is 5.11. The van der Waals surface area contributed by atoms with Gasteiger partial charge in [0.2, 0.25) is 5.91 Å². The highest BCUT2D eigenvalue weighted by atomic mass is 32.1. The van der Waals surface area contributed by atoms with Crippen molar-refractivity contribution in [1.82, 2.24) is 10.2 Å². The lowest BCUT2D eigenvalue weighted by molar-refractivity contribution is -0.122. The molecule has 2 aliphatic rings. The summed E-state index contributed by atoms with van der Waals surface area (Å²) < 4.78 is 6.07. The number of anilines is 1. The van der Waals surface area contributed by atoms with Crippen LogP contribution in [0.4, 0.5) is 5.69 Å². The highest BCUT2D eigenvalue weighted by Crippen LogP contribution is 2.33. The maximum atomic E-state index is 12.0. The molecular weight excluding hydrogens is 310 g/mol. The number of hydrogen-bond donors (Lipinski definition) is 2. The van der Waals surface area contributed by atoms with Crippen molar-refractivity contribution in [3.8, 4) is 5.75 Å². The van der Waals surface area contributed by atoms with Gasteiger partial charge in [0.25, 0.3) is 0 Å². The molecule has 1 N–H and O–H groups in total. The Labute approximate surface area is 143 Å². The number of carbonyl (C=O) groups is 1. The van der Waals surface area contributed by atoms with Crippen LogP contribution in [-0.4, -0.2) is 48.1 Å². The number of nitrogens with zero attached hydrogens (tertiary/aromatic N) is 2. The summed E-state index contributed by atoms with van der Waals surface area (Å²) in [5.74, 6) is 0.874. The number of likely N-dealkylation sites (tertiary alicyclic amines) is 1. The molecule has 23 heavy (non-hydrogen) atoms. The fourth-order valence-electron chi connectivity index (χ4n) is 3.22. The largest absolute Gasteiger partial charge is 0.490 e. The minimum atomic E-state index is -0.608. The van der Waals surface area contributed by atoms with E-state index in [1.807, 2.05) is 43.0 Å². The van der Waals surface area contributed by atoms with Gasteiger partial charge in [-0.3, -0.25) is 4.79 Å². The van der Waals surface area contributed by atoms with Gasteiger partial charge in [-0.25, -0.2) is 0 Å². The monoisotopic (exact) mass is 335 g/mol. The average molecular weight is 335 g/mol. The highest BCUT2D eigenvalue weighted by molar-refractivity contribution is 7.81. The summed E-state index contributed by atoms with van der Waals surface area (Å²) in [6, 6.07) is 7.95. The number of ether oxygens (including phenoxy) is 1. The van der Waals surface area contributed by atoms with Crippen LogP contribution in [0, 0.1) is 0 Å². The van der Waals surface area contributed by atoms with Gasteiger partial charge in [-0.05, 0) is 58.0 Å². The van der Waals surface area contributed by atoms with E-state index in [4.69, 9.17) is 4.74 Å². The number of benzene rings is 1. The Morgan fingerprint density at radius 2 is 1.83 bits per heavy atom. The molecule has 3 rings (SSSR count). The third kappa shape index (κ3) is 3.28. The van der Waals surface area contributed by atoms with Gasteiger partial charge in [0.15, 0.2) is 0 Å². The van der Waals surface area contributed by atoms with Gasteiger partial charge in [0, 0.05) is 18.8 Å². The lowest BCUT2D eigenvalue weighted by atomic mass is 10.0. The minimum absolute atomic E-state index is 0.0100. The number of thiol groups is 1. The van der Waals surface area contributed by atoms with Crippen molar-refractivity contribution in [2.24, 2.45) is 0 Å². The first-order valence-electron chi connectivity index (χ1n) is 8.11. The highest BCUT2D eigenvalue weighted by Gasteiger charge is 2.45. The Morgan fingerprint density at radius 3 is 2.35 bits per heavy atom. The number of hydrogen-bond acceptors (Lipinski definition) is 5. The number of carbonyl (C=O) groups excluding carboxylic acids is 1. The zero-order chi connectivity index (χ0) is 16.6. The SMILES string of the molecule is CN1CCC(Oc2ccc(N3C(S)NC(=O)C3(C)C)cc2)CC1. The number of nitrogens with one attached hydrogen (secondary N) is 1. The van der Waals surface area contributed by atoms with Gasteiger partial charge in [-0.1, -0.05) is 0 Å². The average Bonchev–Trinajstić information content (AvgIpc) is 2.71. The van der Waals surface area contributed by atoms with Crippen molar-refractivity contribution < 1.29 is 9.53 Å². The third-order valence-electron chi connectivity index (χ3n) is 4.75. The Hall–Kier alpha value is -1.40. The molecule has 1 aromatic carbocycles. The first kappa shape index (κ1) is 16.5. The molecule has 6 heteroatoms. The van der Waals surface area contributed by atoms with Crippen LogP contribution < -0.4 is 15.0 Å². The van der Waals surface area contributed by atoms with Crippen LogP contribution in [0.3, 0.4) is 0 Å². The van der Waals surface area contributed by atoms with E-state index >= 15 is 0 Å². The van der Waals surface area contributed by atoms with Gasteiger partial charge in [-0.2, -0.15) is 0 Å². The van der Waals surface area contributed by atoms with Gasteiger partial charge in [-0.15, -0.1) is 12.6 Å². The van der Waals surface area contributed by atoms with Crippen molar-refractivity contribution >= 4 is 24.2 Å². The zero-order valence-electron chi connectivity index (χ0n) is 14.0. The predicted molar refractivity (Wildman–Crippen MR) is 95.1 cm³/mol. The van der Waals surface area contributed by atoms with Gasteiger partial charge < -0.3 is 19.9 Å². The molecule has 0 saturated carbocycles. The minimum Gasteiger partial charge on any atom is -0.490 e. The maximum Gasteiger partial charge on any atom is 0.247 e. The Kier molecular flexibility index (Phi) is 4.47. The van der Waals surface area contributed by atoms with Crippen LogP contribution >= 0.6 is 12.6 Å². The fraction of sp³-hybridized carbons (Fsp3) is 0.588. The van der Waals surface area contributed by atoms with Gasteiger partial charge in [0.05, 0.1) is 0 Å². The summed E-state index contributed by atoms with van der Waals surface area (Å²) in [7, 11) is 2.14. The molecule has 2 heterocycles. The molecule has 1 unspecified atom stereocenters. The summed E-state index contributed by atoms with van der Waals surface area (Å²) in [5, 5.41) is 2.86. The first-order valence-corrected chi connectivity index (χ1v) is 8.63. The van der Waals surface area contributed by atoms with Crippen LogP contribution in [-0.2, 0) is 4.79 Å². The molecule has 5 nitrogen and oxygen atoms in total. The molecule has 126 valence electrons. The van der Waals surface area contributed by atoms with Crippen molar-refractivity contribution in [3.05, 3.63) is 24.3 Å². The summed E-state index contributed by atoms with van der Waals surface area (Å²) in [5.41, 5.74) is 0.0465. The summed E-state index contributed by atoms with van der Waals surface area (Å²) in [6.07, 6.45) is 2.42. The Bertz CT molecular complexity index is 568. The van der Waals surface area contributed by atoms with Crippen LogP contribution in [0.15, 0.2) is 24.3 Å². The molecule has 1 atom stereocenters. The van der Waals surface area contributed by atoms with Gasteiger partial charge >= 0.3 is 0 Å². The van der Waals surface area contributed by atoms with Crippen LogP contribution in [0.5, 0.6) is 5.75 Å². The second-order valence-corrected chi connectivity index (χ2v) is 7.38. The van der Waals surface area contributed by atoms with E-state index in [2.05, 4.69) is 29.9 Å². The summed E-state index contributed by atoms with van der Waals surface area (Å²) in [6.45, 7) is 5.97. The lowest BCUT2D eigenvalue weighted by Crippen LogP contribution is -2.44. The van der Waals surface area contributed by atoms with E-state index in [1.54, 1.807) is 0 Å². The van der Waals surface area contributed by atoms with E-state index in [9.17, 15) is 4.79 Å². The molecule has 2 aliphatic heterocycles. The molecule has 0 spiro atoms. The second-order valence-electron chi connectivity index (χ2n) is 6.89. The normalized spacial score (nSPS) is 25.5. The number of amides is 1. The van der Waals surface area contributed by atoms with Crippen LogP contribution in [0.1, 0.15) is 26.7 Å². The predicted octanol–water partition coefficient (Wildman–Crippen LogP) is 2.09. The number of rotatable bonds is 3. The van der Waals surface area contributed by atoms with E-state index in [1.165, 1.54) is 0 Å². The van der Waals surface area contributed by atoms with Crippen molar-refractivity contribution in [1.29, 1.82) is 0 Å². The van der Waals surface area contributed by atoms with Crippen molar-refractivity contribution in [2.45, 2.75) is 43.8 Å². The summed E-state index contributed by atoms with van der Waals surface area (Å²) in [4.78, 5) is 16.3. The van der Waals surface area contributed by atoms with Crippen molar-refractivity contribution in [2.75, 3.05) is 25.0 Å². The van der Waals surface area contributed by atoms with E-state index in [-0.39, 0.29) is 11.4 Å². The summed E-state index contributed by atoms with van der Waals surface area (Å²) >= 11 is 4.47. The topological polar surface area (TPSA) is 44.8 Å². The second kappa shape index (κ2) is 6.24. The van der Waals surface area contributed by atoms with E-state index < -0.39 is 5.54 Å². The van der Waals surface area contributed by atoms with E-state index in [0.29, 0.717) is 6.10 Å². The molecule has 2 saturated heterocycles. The molecule has 0 bridgehead atoms. The molecule has 0 aliphatic carbocycles. The fourth-order valence-corrected chi connectivity index (χ4v) is 3.76. The molecule has 0 aromatic heterocycles. The molecule has 0 radical (unpaired) electrons.